The van der Waals surface area contributed by atoms with Gasteiger partial charge in [0.15, 0.2) is 0 Å². The van der Waals surface area contributed by atoms with Gasteiger partial charge in [0.2, 0.25) is 15.9 Å². The van der Waals surface area contributed by atoms with Gasteiger partial charge in [-0.3, -0.25) is 14.4 Å². The van der Waals surface area contributed by atoms with Crippen LogP contribution in [0.1, 0.15) is 30.6 Å². The quantitative estimate of drug-likeness (QED) is 0.549. The summed E-state index contributed by atoms with van der Waals surface area (Å²) in [6.07, 6.45) is 0.891. The van der Waals surface area contributed by atoms with Crippen LogP contribution in [0.15, 0.2) is 18.2 Å². The van der Waals surface area contributed by atoms with Gasteiger partial charge in [-0.05, 0) is 31.5 Å². The predicted octanol–water partition coefficient (Wildman–Crippen LogP) is 0.795. The molecule has 28 heavy (non-hydrogen) atoms. The lowest BCUT2D eigenvalue weighted by Crippen LogP contribution is -2.49. The van der Waals surface area contributed by atoms with Crippen LogP contribution >= 0.6 is 0 Å². The van der Waals surface area contributed by atoms with Gasteiger partial charge in [-0.2, -0.15) is 0 Å². The van der Waals surface area contributed by atoms with Crippen LogP contribution in [-0.2, 0) is 14.8 Å². The van der Waals surface area contributed by atoms with Crippen LogP contribution in [0.5, 0.6) is 0 Å². The number of nitrogens with zero attached hydrogens (tertiary/aromatic N) is 2. The first-order valence-electron chi connectivity index (χ1n) is 9.37. The van der Waals surface area contributed by atoms with E-state index in [0.29, 0.717) is 45.0 Å². The van der Waals surface area contributed by atoms with Gasteiger partial charge in [0, 0.05) is 38.4 Å². The van der Waals surface area contributed by atoms with Crippen LogP contribution in [0, 0.1) is 0 Å². The number of rotatable bonds is 9. The molecule has 0 atom stereocenters. The Bertz CT molecular complexity index is 804. The lowest BCUT2D eigenvalue weighted by Gasteiger charge is -2.36. The molecular formula is C18H28N4O5S. The minimum Gasteiger partial charge on any atom is -0.478 e. The van der Waals surface area contributed by atoms with Crippen molar-refractivity contribution < 1.29 is 23.1 Å². The molecule has 1 amide bonds. The molecule has 1 aromatic rings. The molecule has 0 saturated carbocycles. The van der Waals surface area contributed by atoms with Crippen molar-refractivity contribution in [2.75, 3.05) is 54.6 Å². The lowest BCUT2D eigenvalue weighted by atomic mass is 10.1. The number of hydrogen-bond donors (Lipinski definition) is 3. The van der Waals surface area contributed by atoms with Crippen molar-refractivity contribution >= 4 is 33.3 Å². The lowest BCUT2D eigenvalue weighted by molar-refractivity contribution is -0.122. The van der Waals surface area contributed by atoms with Crippen molar-refractivity contribution in [3.63, 3.8) is 0 Å². The molecule has 0 aromatic heterocycles. The second-order valence-electron chi connectivity index (χ2n) is 6.66. The molecule has 0 radical (unpaired) electrons. The predicted molar refractivity (Wildman–Crippen MR) is 108 cm³/mol. The number of piperazine rings is 1. The van der Waals surface area contributed by atoms with E-state index in [4.69, 9.17) is 0 Å². The third-order valence-electron chi connectivity index (χ3n) is 4.53. The number of benzene rings is 1. The number of carboxylic acids is 1. The maximum Gasteiger partial charge on any atom is 0.337 e. The molecule has 1 aliphatic rings. The monoisotopic (exact) mass is 412 g/mol. The maximum absolute atomic E-state index is 11.8. The van der Waals surface area contributed by atoms with Crippen molar-refractivity contribution in [3.8, 4) is 0 Å². The van der Waals surface area contributed by atoms with Gasteiger partial charge in [0.05, 0.1) is 23.5 Å². The number of nitrogens with one attached hydrogen (secondary N) is 2. The van der Waals surface area contributed by atoms with E-state index in [1.54, 1.807) is 12.1 Å². The van der Waals surface area contributed by atoms with E-state index in [-0.39, 0.29) is 22.9 Å². The van der Waals surface area contributed by atoms with Crippen LogP contribution in [-0.4, -0.2) is 75.3 Å². The highest BCUT2D eigenvalue weighted by atomic mass is 32.2. The van der Waals surface area contributed by atoms with Crippen LogP contribution in [0.25, 0.3) is 0 Å². The summed E-state index contributed by atoms with van der Waals surface area (Å²) in [5.41, 5.74) is 0.821. The summed E-state index contributed by atoms with van der Waals surface area (Å²) in [5.74, 6) is -1.21. The van der Waals surface area contributed by atoms with Crippen molar-refractivity contribution in [3.05, 3.63) is 23.8 Å². The molecule has 0 spiro atoms. The summed E-state index contributed by atoms with van der Waals surface area (Å²) in [5, 5.41) is 12.4. The van der Waals surface area contributed by atoms with E-state index in [0.717, 1.165) is 6.42 Å². The maximum atomic E-state index is 11.8. The first-order chi connectivity index (χ1) is 13.3. The minimum absolute atomic E-state index is 0.00548. The molecule has 1 heterocycles. The number of hydrogen-bond acceptors (Lipinski definition) is 6. The fourth-order valence-corrected chi connectivity index (χ4v) is 3.60. The molecule has 3 N–H and O–H groups in total. The molecule has 1 aromatic carbocycles. The van der Waals surface area contributed by atoms with Gasteiger partial charge in [0.1, 0.15) is 0 Å². The van der Waals surface area contributed by atoms with Gasteiger partial charge in [-0.1, -0.05) is 6.92 Å². The minimum atomic E-state index is -3.48. The molecule has 10 heteroatoms. The molecule has 1 saturated heterocycles. The van der Waals surface area contributed by atoms with Gasteiger partial charge < -0.3 is 15.3 Å². The zero-order chi connectivity index (χ0) is 20.7. The number of carbonyl (C=O) groups is 2. The number of carboxylic acid groups (broad SMARTS) is 1. The average molecular weight is 413 g/mol. The first kappa shape index (κ1) is 22.0. The normalized spacial score (nSPS) is 15.3. The zero-order valence-electron chi connectivity index (χ0n) is 16.3. The summed E-state index contributed by atoms with van der Waals surface area (Å²) in [4.78, 5) is 27.5. The average Bonchev–Trinajstić information content (AvgIpc) is 2.66. The van der Waals surface area contributed by atoms with Gasteiger partial charge in [-0.15, -0.1) is 0 Å². The first-order valence-corrected chi connectivity index (χ1v) is 11.0. The molecule has 9 nitrogen and oxygen atoms in total. The smallest absolute Gasteiger partial charge is 0.337 e. The highest BCUT2D eigenvalue weighted by Crippen LogP contribution is 2.26. The molecule has 1 fully saturated rings. The number of sulfonamides is 1. The molecule has 1 aliphatic heterocycles. The highest BCUT2D eigenvalue weighted by Gasteiger charge is 2.23. The van der Waals surface area contributed by atoms with E-state index in [2.05, 4.69) is 10.0 Å². The third-order valence-corrected chi connectivity index (χ3v) is 5.84. The van der Waals surface area contributed by atoms with Gasteiger partial charge in [0.25, 0.3) is 0 Å². The SMILES string of the molecule is CCCNC(=O)CN1CCN(c2ccc(NS(=O)(=O)CC)cc2C(=O)O)CC1. The third kappa shape index (κ3) is 6.10. The van der Waals surface area contributed by atoms with E-state index >= 15 is 0 Å². The Morgan fingerprint density at radius 3 is 2.39 bits per heavy atom. The van der Waals surface area contributed by atoms with Gasteiger partial charge in [-0.25, -0.2) is 13.2 Å². The van der Waals surface area contributed by atoms with E-state index < -0.39 is 16.0 Å². The Morgan fingerprint density at radius 1 is 1.14 bits per heavy atom. The fraction of sp³-hybridized carbons (Fsp3) is 0.556. The van der Waals surface area contributed by atoms with Crippen molar-refractivity contribution in [1.82, 2.24) is 10.2 Å². The number of carbonyl (C=O) groups excluding carboxylic acids is 1. The summed E-state index contributed by atoms with van der Waals surface area (Å²) in [7, 11) is -3.48. The van der Waals surface area contributed by atoms with Crippen molar-refractivity contribution in [2.24, 2.45) is 0 Å². The Morgan fingerprint density at radius 2 is 1.82 bits per heavy atom. The second kappa shape index (κ2) is 9.74. The Balaban J connectivity index is 2.05. The number of aromatic carboxylic acids is 1. The van der Waals surface area contributed by atoms with Crippen LogP contribution in [0.2, 0.25) is 0 Å². The van der Waals surface area contributed by atoms with E-state index in [9.17, 15) is 23.1 Å². The topological polar surface area (TPSA) is 119 Å². The van der Waals surface area contributed by atoms with E-state index in [1.807, 2.05) is 16.7 Å². The second-order valence-corrected chi connectivity index (χ2v) is 8.67. The van der Waals surface area contributed by atoms with Gasteiger partial charge >= 0.3 is 5.97 Å². The zero-order valence-corrected chi connectivity index (χ0v) is 17.1. The Kier molecular flexibility index (Phi) is 7.64. The molecule has 0 aliphatic carbocycles. The van der Waals surface area contributed by atoms with Crippen molar-refractivity contribution in [2.45, 2.75) is 20.3 Å². The molecule has 156 valence electrons. The Labute approximate surface area is 165 Å². The summed E-state index contributed by atoms with van der Waals surface area (Å²) >= 11 is 0. The largest absolute Gasteiger partial charge is 0.478 e. The Hall–Kier alpha value is -2.33. The van der Waals surface area contributed by atoms with Crippen LogP contribution in [0.3, 0.4) is 0 Å². The summed E-state index contributed by atoms with van der Waals surface area (Å²) < 4.78 is 25.8. The summed E-state index contributed by atoms with van der Waals surface area (Å²) in [6.45, 7) is 6.95. The highest BCUT2D eigenvalue weighted by molar-refractivity contribution is 7.92. The van der Waals surface area contributed by atoms with Crippen LogP contribution < -0.4 is 14.9 Å². The van der Waals surface area contributed by atoms with Crippen molar-refractivity contribution in [1.29, 1.82) is 0 Å². The fourth-order valence-electron chi connectivity index (χ4n) is 2.97. The summed E-state index contributed by atoms with van der Waals surface area (Å²) in [6, 6.07) is 4.54. The standard InChI is InChI=1S/C18H28N4O5S/c1-3-7-19-17(23)13-21-8-10-22(11-9-21)16-6-5-14(12-15(16)18(24)25)20-28(26,27)4-2/h5-6,12,20H,3-4,7-11,13H2,1-2H3,(H,19,23)(H,24,25). The molecule has 0 unspecified atom stereocenters. The van der Waals surface area contributed by atoms with Crippen LogP contribution in [0.4, 0.5) is 11.4 Å². The molecule has 0 bridgehead atoms. The van der Waals surface area contributed by atoms with E-state index in [1.165, 1.54) is 13.0 Å². The number of anilines is 2. The number of amides is 1. The molecule has 2 rings (SSSR count). The molecular weight excluding hydrogens is 384 g/mol.